The first-order valence-electron chi connectivity index (χ1n) is 8.00. The minimum atomic E-state index is -0.240. The van der Waals surface area contributed by atoms with Gasteiger partial charge in [0.25, 0.3) is 5.91 Å². The summed E-state index contributed by atoms with van der Waals surface area (Å²) in [6.07, 6.45) is 1.98. The van der Waals surface area contributed by atoms with E-state index < -0.39 is 0 Å². The van der Waals surface area contributed by atoms with Gasteiger partial charge in [-0.25, -0.2) is 4.39 Å². The highest BCUT2D eigenvalue weighted by molar-refractivity contribution is 5.95. The zero-order valence-corrected chi connectivity index (χ0v) is 13.3. The van der Waals surface area contributed by atoms with Crippen LogP contribution in [0.5, 0.6) is 0 Å². The molecule has 1 amide bonds. The third kappa shape index (κ3) is 3.70. The Kier molecular flexibility index (Phi) is 4.60. The van der Waals surface area contributed by atoms with Crippen molar-refractivity contribution in [3.05, 3.63) is 65.5 Å². The maximum Gasteiger partial charge on any atom is 0.254 e. The van der Waals surface area contributed by atoms with Crippen LogP contribution in [-0.2, 0) is 0 Å². The van der Waals surface area contributed by atoms with Crippen LogP contribution in [0.2, 0.25) is 0 Å². The summed E-state index contributed by atoms with van der Waals surface area (Å²) in [7, 11) is 0. The van der Waals surface area contributed by atoms with Gasteiger partial charge in [0, 0.05) is 30.4 Å². The molecule has 0 aromatic heterocycles. The number of amides is 1. The van der Waals surface area contributed by atoms with E-state index in [-0.39, 0.29) is 17.8 Å². The topological polar surface area (TPSA) is 32.3 Å². The molecule has 0 bridgehead atoms. The number of halogens is 1. The Labute approximate surface area is 136 Å². The molecule has 1 heterocycles. The number of hydrogen-bond acceptors (Lipinski definition) is 2. The Balaban J connectivity index is 1.67. The van der Waals surface area contributed by atoms with Gasteiger partial charge < -0.3 is 10.2 Å². The Morgan fingerprint density at radius 1 is 1.17 bits per heavy atom. The highest BCUT2D eigenvalue weighted by Crippen LogP contribution is 2.19. The molecular weight excluding hydrogens is 291 g/mol. The lowest BCUT2D eigenvalue weighted by Gasteiger charge is -2.34. The number of benzene rings is 2. The lowest BCUT2D eigenvalue weighted by molar-refractivity contribution is 0.0714. The number of nitrogens with zero attached hydrogens (tertiary/aromatic N) is 1. The van der Waals surface area contributed by atoms with Gasteiger partial charge in [0.1, 0.15) is 5.82 Å². The van der Waals surface area contributed by atoms with Crippen molar-refractivity contribution < 1.29 is 9.18 Å². The fourth-order valence-corrected chi connectivity index (χ4v) is 3.04. The van der Waals surface area contributed by atoms with Crippen molar-refractivity contribution in [3.63, 3.8) is 0 Å². The van der Waals surface area contributed by atoms with E-state index in [1.54, 1.807) is 12.1 Å². The van der Waals surface area contributed by atoms with E-state index >= 15 is 0 Å². The second kappa shape index (κ2) is 6.82. The van der Waals surface area contributed by atoms with Crippen LogP contribution in [0, 0.1) is 12.7 Å². The standard InChI is InChI=1S/C19H21FN2O/c1-14-5-2-3-7-18(14)19(23)22-12-4-6-17(13-22)21-16-10-8-15(20)9-11-16/h2-3,5,7-11,17,21H,4,6,12-13H2,1H3/t17-/m1/s1. The summed E-state index contributed by atoms with van der Waals surface area (Å²) in [4.78, 5) is 14.6. The Bertz CT molecular complexity index is 684. The predicted molar refractivity (Wildman–Crippen MR) is 90.1 cm³/mol. The number of rotatable bonds is 3. The summed E-state index contributed by atoms with van der Waals surface area (Å²) < 4.78 is 13.0. The van der Waals surface area contributed by atoms with Gasteiger partial charge in [0.2, 0.25) is 0 Å². The van der Waals surface area contributed by atoms with E-state index in [0.717, 1.165) is 36.2 Å². The maximum atomic E-state index is 13.0. The van der Waals surface area contributed by atoms with Gasteiger partial charge >= 0.3 is 0 Å². The summed E-state index contributed by atoms with van der Waals surface area (Å²) in [5.41, 5.74) is 2.67. The maximum absolute atomic E-state index is 13.0. The fraction of sp³-hybridized carbons (Fsp3) is 0.316. The molecule has 23 heavy (non-hydrogen) atoms. The third-order valence-electron chi connectivity index (χ3n) is 4.30. The fourth-order valence-electron chi connectivity index (χ4n) is 3.04. The van der Waals surface area contributed by atoms with Crippen LogP contribution in [0.3, 0.4) is 0 Å². The van der Waals surface area contributed by atoms with Crippen LogP contribution in [0.1, 0.15) is 28.8 Å². The van der Waals surface area contributed by atoms with Gasteiger partial charge in [0.15, 0.2) is 0 Å². The first kappa shape index (κ1) is 15.5. The van der Waals surface area contributed by atoms with Gasteiger partial charge in [-0.1, -0.05) is 18.2 Å². The smallest absolute Gasteiger partial charge is 0.254 e. The van der Waals surface area contributed by atoms with Crippen LogP contribution in [0.4, 0.5) is 10.1 Å². The van der Waals surface area contributed by atoms with Crippen LogP contribution in [0.25, 0.3) is 0 Å². The second-order valence-corrected chi connectivity index (χ2v) is 6.06. The van der Waals surface area contributed by atoms with Crippen molar-refractivity contribution >= 4 is 11.6 Å². The van der Waals surface area contributed by atoms with Crippen molar-refractivity contribution in [2.24, 2.45) is 0 Å². The van der Waals surface area contributed by atoms with Crippen molar-refractivity contribution in [1.82, 2.24) is 4.90 Å². The zero-order valence-electron chi connectivity index (χ0n) is 13.3. The van der Waals surface area contributed by atoms with Gasteiger partial charge in [0.05, 0.1) is 0 Å². The summed E-state index contributed by atoms with van der Waals surface area (Å²) in [5, 5.41) is 3.40. The molecule has 1 fully saturated rings. The number of anilines is 1. The second-order valence-electron chi connectivity index (χ2n) is 6.06. The van der Waals surface area contributed by atoms with E-state index in [4.69, 9.17) is 0 Å². The average molecular weight is 312 g/mol. The van der Waals surface area contributed by atoms with Gasteiger partial charge in [-0.3, -0.25) is 4.79 Å². The zero-order chi connectivity index (χ0) is 16.2. The van der Waals surface area contributed by atoms with Crippen LogP contribution >= 0.6 is 0 Å². The summed E-state index contributed by atoms with van der Waals surface area (Å²) >= 11 is 0. The summed E-state index contributed by atoms with van der Waals surface area (Å²) in [6.45, 7) is 3.42. The Morgan fingerprint density at radius 3 is 2.65 bits per heavy atom. The van der Waals surface area contributed by atoms with Crippen LogP contribution in [-0.4, -0.2) is 29.9 Å². The quantitative estimate of drug-likeness (QED) is 0.933. The number of likely N-dealkylation sites (tertiary alicyclic amines) is 1. The van der Waals surface area contributed by atoms with Gasteiger partial charge in [-0.05, 0) is 55.7 Å². The third-order valence-corrected chi connectivity index (χ3v) is 4.30. The first-order valence-corrected chi connectivity index (χ1v) is 8.00. The van der Waals surface area contributed by atoms with Gasteiger partial charge in [-0.15, -0.1) is 0 Å². The molecule has 2 aromatic rings. The number of aryl methyl sites for hydroxylation is 1. The molecule has 3 nitrogen and oxygen atoms in total. The van der Waals surface area contributed by atoms with Crippen molar-refractivity contribution in [1.29, 1.82) is 0 Å². The highest BCUT2D eigenvalue weighted by atomic mass is 19.1. The number of piperidine rings is 1. The normalized spacial score (nSPS) is 17.8. The number of carbonyl (C=O) groups is 1. The number of hydrogen-bond donors (Lipinski definition) is 1. The van der Waals surface area contributed by atoms with E-state index in [1.165, 1.54) is 12.1 Å². The molecule has 3 rings (SSSR count). The number of carbonyl (C=O) groups excluding carboxylic acids is 1. The van der Waals surface area contributed by atoms with E-state index in [9.17, 15) is 9.18 Å². The first-order chi connectivity index (χ1) is 11.1. The van der Waals surface area contributed by atoms with E-state index in [0.29, 0.717) is 6.54 Å². The van der Waals surface area contributed by atoms with Crippen molar-refractivity contribution in [2.75, 3.05) is 18.4 Å². The van der Waals surface area contributed by atoms with Gasteiger partial charge in [-0.2, -0.15) is 0 Å². The average Bonchev–Trinajstić information content (AvgIpc) is 2.57. The van der Waals surface area contributed by atoms with E-state index in [1.807, 2.05) is 36.1 Å². The molecule has 4 heteroatoms. The summed E-state index contributed by atoms with van der Waals surface area (Å²) in [6, 6.07) is 14.2. The number of nitrogens with one attached hydrogen (secondary N) is 1. The summed E-state index contributed by atoms with van der Waals surface area (Å²) in [5.74, 6) is -0.149. The molecule has 0 aliphatic carbocycles. The molecule has 1 aliphatic rings. The molecule has 2 aromatic carbocycles. The monoisotopic (exact) mass is 312 g/mol. The van der Waals surface area contributed by atoms with Crippen molar-refractivity contribution in [3.8, 4) is 0 Å². The molecule has 0 spiro atoms. The SMILES string of the molecule is Cc1ccccc1C(=O)N1CCC[C@@H](Nc2ccc(F)cc2)C1. The molecule has 120 valence electrons. The van der Waals surface area contributed by atoms with Crippen LogP contribution in [0.15, 0.2) is 48.5 Å². The predicted octanol–water partition coefficient (Wildman–Crippen LogP) is 3.85. The van der Waals surface area contributed by atoms with E-state index in [2.05, 4.69) is 5.32 Å². The molecule has 0 radical (unpaired) electrons. The Hall–Kier alpha value is -2.36. The lowest BCUT2D eigenvalue weighted by Crippen LogP contribution is -2.45. The molecule has 1 atom stereocenters. The molecule has 1 aliphatic heterocycles. The largest absolute Gasteiger partial charge is 0.381 e. The van der Waals surface area contributed by atoms with Crippen LogP contribution < -0.4 is 5.32 Å². The lowest BCUT2D eigenvalue weighted by atomic mass is 10.0. The molecule has 0 saturated carbocycles. The molecular formula is C19H21FN2O. The molecule has 1 N–H and O–H groups in total. The minimum Gasteiger partial charge on any atom is -0.381 e. The van der Waals surface area contributed by atoms with Crippen molar-refractivity contribution in [2.45, 2.75) is 25.8 Å². The minimum absolute atomic E-state index is 0.0914. The molecule has 1 saturated heterocycles. The molecule has 0 unspecified atom stereocenters. The highest BCUT2D eigenvalue weighted by Gasteiger charge is 2.25. The Morgan fingerprint density at radius 2 is 1.91 bits per heavy atom.